The first-order chi connectivity index (χ1) is 12.5. The molecule has 3 aromatic rings. The summed E-state index contributed by atoms with van der Waals surface area (Å²) in [5, 5.41) is 4.38. The predicted octanol–water partition coefficient (Wildman–Crippen LogP) is 5.82. The Labute approximate surface area is 153 Å². The minimum atomic E-state index is -0.994. The second-order valence-electron chi connectivity index (χ2n) is 6.81. The van der Waals surface area contributed by atoms with Crippen molar-refractivity contribution in [2.45, 2.75) is 44.9 Å². The second kappa shape index (κ2) is 6.58. The van der Waals surface area contributed by atoms with Gasteiger partial charge >= 0.3 is 0 Å². The lowest BCUT2D eigenvalue weighted by Gasteiger charge is -2.25. The van der Waals surface area contributed by atoms with Gasteiger partial charge in [0.1, 0.15) is 22.6 Å². The monoisotopic (exact) mass is 379 g/mol. The predicted molar refractivity (Wildman–Crippen MR) is 93.9 cm³/mol. The summed E-state index contributed by atoms with van der Waals surface area (Å²) in [5.41, 5.74) is 1.87. The molecule has 2 heterocycles. The lowest BCUT2D eigenvalue weighted by atomic mass is 9.84. The number of halogens is 4. The maximum Gasteiger partial charge on any atom is 0.159 e. The van der Waals surface area contributed by atoms with Crippen LogP contribution in [0.1, 0.15) is 49.3 Å². The Bertz CT molecular complexity index is 970. The van der Waals surface area contributed by atoms with Crippen molar-refractivity contribution >= 4 is 17.2 Å². The minimum Gasteiger partial charge on any atom is -0.218 e. The molecule has 26 heavy (non-hydrogen) atoms. The van der Waals surface area contributed by atoms with E-state index in [0.29, 0.717) is 23.5 Å². The van der Waals surface area contributed by atoms with Crippen LogP contribution in [0.15, 0.2) is 18.3 Å². The van der Waals surface area contributed by atoms with Gasteiger partial charge in [-0.3, -0.25) is 0 Å². The molecule has 1 saturated carbocycles. The maximum absolute atomic E-state index is 14.5. The molecule has 3 nitrogen and oxygen atoms in total. The molecule has 7 heteroatoms. The van der Waals surface area contributed by atoms with E-state index in [2.05, 4.69) is 10.1 Å². The van der Waals surface area contributed by atoms with Gasteiger partial charge in [-0.25, -0.2) is 22.7 Å². The van der Waals surface area contributed by atoms with Gasteiger partial charge in [0, 0.05) is 29.2 Å². The first-order valence-corrected chi connectivity index (χ1v) is 9.04. The van der Waals surface area contributed by atoms with E-state index in [4.69, 9.17) is 11.6 Å². The smallest absolute Gasteiger partial charge is 0.159 e. The third-order valence-corrected chi connectivity index (χ3v) is 5.34. The molecule has 1 fully saturated rings. The average molecular weight is 380 g/mol. The van der Waals surface area contributed by atoms with Crippen LogP contribution in [-0.2, 0) is 0 Å². The van der Waals surface area contributed by atoms with Crippen molar-refractivity contribution in [1.82, 2.24) is 14.6 Å². The van der Waals surface area contributed by atoms with Crippen molar-refractivity contribution in [3.63, 3.8) is 0 Å². The minimum absolute atomic E-state index is 0.00563. The van der Waals surface area contributed by atoms with Crippen molar-refractivity contribution in [3.05, 3.63) is 52.2 Å². The van der Waals surface area contributed by atoms with Crippen LogP contribution in [0.4, 0.5) is 13.2 Å². The number of hydrogen-bond acceptors (Lipinski definition) is 2. The molecule has 1 aromatic carbocycles. The first-order valence-electron chi connectivity index (χ1n) is 8.66. The van der Waals surface area contributed by atoms with Gasteiger partial charge in [-0.2, -0.15) is 5.10 Å². The van der Waals surface area contributed by atoms with E-state index in [0.717, 1.165) is 37.7 Å². The van der Waals surface area contributed by atoms with Gasteiger partial charge in [0.05, 0.1) is 17.5 Å². The maximum atomic E-state index is 14.5. The molecule has 0 aliphatic heterocycles. The first kappa shape index (κ1) is 17.3. The Morgan fingerprint density at radius 2 is 1.69 bits per heavy atom. The van der Waals surface area contributed by atoms with Gasteiger partial charge in [0.2, 0.25) is 0 Å². The molecule has 1 aliphatic carbocycles. The molecule has 1 aliphatic rings. The molecular weight excluding hydrogens is 363 g/mol. The normalized spacial score (nSPS) is 15.7. The van der Waals surface area contributed by atoms with E-state index in [-0.39, 0.29) is 22.2 Å². The fourth-order valence-corrected chi connectivity index (χ4v) is 4.13. The standard InChI is InChI=1S/C19H17ClF3N3/c1-10-9-24-26-17(11-5-3-2-4-6-11)16(18(20)25-19(10)26)15-13(22)7-12(21)8-14(15)23/h7-9,11H,2-6H2,1H3. The molecule has 2 aromatic heterocycles. The van der Waals surface area contributed by atoms with Crippen LogP contribution in [-0.4, -0.2) is 14.6 Å². The van der Waals surface area contributed by atoms with E-state index in [9.17, 15) is 13.2 Å². The van der Waals surface area contributed by atoms with Gasteiger partial charge < -0.3 is 0 Å². The molecule has 0 saturated heterocycles. The zero-order chi connectivity index (χ0) is 18.4. The van der Waals surface area contributed by atoms with Crippen molar-refractivity contribution in [3.8, 4) is 11.1 Å². The summed E-state index contributed by atoms with van der Waals surface area (Å²) in [7, 11) is 0. The van der Waals surface area contributed by atoms with Crippen molar-refractivity contribution in [1.29, 1.82) is 0 Å². The Hall–Kier alpha value is -2.08. The Balaban J connectivity index is 2.07. The van der Waals surface area contributed by atoms with Crippen LogP contribution in [0.5, 0.6) is 0 Å². The molecular formula is C19H17ClF3N3. The van der Waals surface area contributed by atoms with E-state index in [1.807, 2.05) is 6.92 Å². The van der Waals surface area contributed by atoms with E-state index < -0.39 is 17.5 Å². The van der Waals surface area contributed by atoms with Gasteiger partial charge in [-0.1, -0.05) is 30.9 Å². The molecule has 0 radical (unpaired) electrons. The lowest BCUT2D eigenvalue weighted by Crippen LogP contribution is -2.14. The summed E-state index contributed by atoms with van der Waals surface area (Å²) >= 11 is 6.40. The third kappa shape index (κ3) is 2.76. The zero-order valence-electron chi connectivity index (χ0n) is 14.2. The number of benzene rings is 1. The number of aromatic nitrogens is 3. The highest BCUT2D eigenvalue weighted by atomic mass is 35.5. The lowest BCUT2D eigenvalue weighted by molar-refractivity contribution is 0.431. The van der Waals surface area contributed by atoms with Crippen molar-refractivity contribution < 1.29 is 13.2 Å². The van der Waals surface area contributed by atoms with Gasteiger partial charge in [0.15, 0.2) is 5.65 Å². The molecule has 0 amide bonds. The Morgan fingerprint density at radius 3 is 2.35 bits per heavy atom. The Morgan fingerprint density at radius 1 is 1.04 bits per heavy atom. The van der Waals surface area contributed by atoms with Crippen LogP contribution in [0, 0.1) is 24.4 Å². The molecule has 0 N–H and O–H groups in total. The average Bonchev–Trinajstić information content (AvgIpc) is 2.96. The van der Waals surface area contributed by atoms with E-state index in [1.165, 1.54) is 0 Å². The molecule has 0 bridgehead atoms. The molecule has 136 valence electrons. The van der Waals surface area contributed by atoms with Crippen LogP contribution in [0.25, 0.3) is 16.8 Å². The highest BCUT2D eigenvalue weighted by Gasteiger charge is 2.29. The van der Waals surface area contributed by atoms with Crippen LogP contribution >= 0.6 is 11.6 Å². The molecule has 4 rings (SSSR count). The van der Waals surface area contributed by atoms with Crippen LogP contribution in [0.2, 0.25) is 5.15 Å². The van der Waals surface area contributed by atoms with E-state index in [1.54, 1.807) is 10.7 Å². The van der Waals surface area contributed by atoms with Gasteiger partial charge in [-0.05, 0) is 19.8 Å². The van der Waals surface area contributed by atoms with Crippen LogP contribution < -0.4 is 0 Å². The highest BCUT2D eigenvalue weighted by molar-refractivity contribution is 6.32. The second-order valence-corrected chi connectivity index (χ2v) is 7.16. The fourth-order valence-electron chi connectivity index (χ4n) is 3.86. The number of rotatable bonds is 2. The summed E-state index contributed by atoms with van der Waals surface area (Å²) in [5.74, 6) is -2.90. The summed E-state index contributed by atoms with van der Waals surface area (Å²) in [6.45, 7) is 1.86. The highest BCUT2D eigenvalue weighted by Crippen LogP contribution is 2.42. The fraction of sp³-hybridized carbons (Fsp3) is 0.368. The number of aryl methyl sites for hydroxylation is 1. The molecule has 0 spiro atoms. The zero-order valence-corrected chi connectivity index (χ0v) is 15.0. The summed E-state index contributed by atoms with van der Waals surface area (Å²) in [6.07, 6.45) is 6.61. The number of hydrogen-bond donors (Lipinski definition) is 0. The van der Waals surface area contributed by atoms with E-state index >= 15 is 0 Å². The number of nitrogens with zero attached hydrogens (tertiary/aromatic N) is 3. The number of fused-ring (bicyclic) bond motifs is 1. The van der Waals surface area contributed by atoms with Gasteiger partial charge in [0.25, 0.3) is 0 Å². The Kier molecular flexibility index (Phi) is 4.39. The quantitative estimate of drug-likeness (QED) is 0.525. The van der Waals surface area contributed by atoms with Gasteiger partial charge in [-0.15, -0.1) is 0 Å². The third-order valence-electron chi connectivity index (χ3n) is 5.06. The molecule has 0 atom stereocenters. The van der Waals surface area contributed by atoms with Crippen molar-refractivity contribution in [2.75, 3.05) is 0 Å². The largest absolute Gasteiger partial charge is 0.218 e. The molecule has 0 unspecified atom stereocenters. The topological polar surface area (TPSA) is 30.2 Å². The van der Waals surface area contributed by atoms with Crippen LogP contribution in [0.3, 0.4) is 0 Å². The SMILES string of the molecule is Cc1cnn2c(C3CCCCC3)c(-c3c(F)cc(F)cc3F)c(Cl)nc12. The summed E-state index contributed by atoms with van der Waals surface area (Å²) in [4.78, 5) is 4.31. The summed E-state index contributed by atoms with van der Waals surface area (Å²) < 4.78 is 44.1. The van der Waals surface area contributed by atoms with Crippen molar-refractivity contribution in [2.24, 2.45) is 0 Å². The summed E-state index contributed by atoms with van der Waals surface area (Å²) in [6, 6.07) is 1.33.